The van der Waals surface area contributed by atoms with Crippen molar-refractivity contribution in [3.05, 3.63) is 83.7 Å². The van der Waals surface area contributed by atoms with Crippen LogP contribution in [0.4, 0.5) is 10.5 Å². The summed E-state index contributed by atoms with van der Waals surface area (Å²) in [6.45, 7) is 3.95. The van der Waals surface area contributed by atoms with Crippen molar-refractivity contribution in [3.63, 3.8) is 0 Å². The molecule has 1 aliphatic carbocycles. The summed E-state index contributed by atoms with van der Waals surface area (Å²) in [6, 6.07) is 17.6. The summed E-state index contributed by atoms with van der Waals surface area (Å²) in [5.74, 6) is -1.46. The number of anilines is 1. The fourth-order valence-electron chi connectivity index (χ4n) is 4.17. The molecule has 0 saturated heterocycles. The summed E-state index contributed by atoms with van der Waals surface area (Å²) in [5, 5.41) is 14.5. The first-order valence-corrected chi connectivity index (χ1v) is 11.3. The number of carboxylic acid groups (broad SMARTS) is 1. The van der Waals surface area contributed by atoms with Crippen LogP contribution in [0.5, 0.6) is 0 Å². The van der Waals surface area contributed by atoms with Gasteiger partial charge < -0.3 is 20.5 Å². The molecule has 180 valence electrons. The molecule has 4 rings (SSSR count). The molecule has 1 aromatic heterocycles. The standard InChI is InChI=1S/C27H27N3O5/c1-27(2,25(33)30-18-13-17(24(31)32)14-28-15-18)11-12-29-26(34)35-16-23-21-9-5-3-7-19(21)20-8-4-6-10-22(20)23/h3-10,13-15,23H,11-12,16H2,1-2H3,(H,29,34)(H,30,33)(H,31,32). The van der Waals surface area contributed by atoms with Crippen molar-refractivity contribution in [1.82, 2.24) is 10.3 Å². The Kier molecular flexibility index (Phi) is 6.82. The molecule has 0 unspecified atom stereocenters. The highest BCUT2D eigenvalue weighted by Gasteiger charge is 2.30. The van der Waals surface area contributed by atoms with E-state index in [4.69, 9.17) is 9.84 Å². The molecule has 1 heterocycles. The molecule has 0 atom stereocenters. The average Bonchev–Trinajstić information content (AvgIpc) is 3.16. The monoisotopic (exact) mass is 473 g/mol. The Hall–Kier alpha value is -4.20. The summed E-state index contributed by atoms with van der Waals surface area (Å²) in [6.07, 6.45) is 2.41. The molecule has 1 aliphatic rings. The zero-order chi connectivity index (χ0) is 25.0. The van der Waals surface area contributed by atoms with E-state index in [1.807, 2.05) is 24.3 Å². The maximum absolute atomic E-state index is 12.7. The van der Waals surface area contributed by atoms with Crippen LogP contribution >= 0.6 is 0 Å². The molecule has 0 aliphatic heterocycles. The molecule has 3 aromatic rings. The van der Waals surface area contributed by atoms with Gasteiger partial charge in [0.15, 0.2) is 0 Å². The van der Waals surface area contributed by atoms with E-state index in [-0.39, 0.29) is 30.5 Å². The van der Waals surface area contributed by atoms with Gasteiger partial charge in [-0.25, -0.2) is 9.59 Å². The van der Waals surface area contributed by atoms with E-state index in [1.165, 1.54) is 18.5 Å². The molecule has 8 nitrogen and oxygen atoms in total. The topological polar surface area (TPSA) is 118 Å². The van der Waals surface area contributed by atoms with Crippen LogP contribution in [-0.2, 0) is 9.53 Å². The van der Waals surface area contributed by atoms with E-state index >= 15 is 0 Å². The Morgan fingerprint density at radius 1 is 1.00 bits per heavy atom. The molecule has 0 radical (unpaired) electrons. The molecule has 0 saturated carbocycles. The Bertz CT molecular complexity index is 1230. The van der Waals surface area contributed by atoms with Crippen molar-refractivity contribution >= 4 is 23.7 Å². The van der Waals surface area contributed by atoms with Gasteiger partial charge in [0.2, 0.25) is 5.91 Å². The third-order valence-corrected chi connectivity index (χ3v) is 6.22. The molecular formula is C27H27N3O5. The van der Waals surface area contributed by atoms with Gasteiger partial charge in [-0.15, -0.1) is 0 Å². The van der Waals surface area contributed by atoms with Gasteiger partial charge in [0.05, 0.1) is 17.4 Å². The number of amides is 2. The number of nitrogens with zero attached hydrogens (tertiary/aromatic N) is 1. The second-order valence-corrected chi connectivity index (χ2v) is 9.11. The minimum Gasteiger partial charge on any atom is -0.478 e. The molecule has 0 spiro atoms. The van der Waals surface area contributed by atoms with E-state index in [0.717, 1.165) is 22.3 Å². The van der Waals surface area contributed by atoms with Crippen molar-refractivity contribution in [2.24, 2.45) is 5.41 Å². The summed E-state index contributed by atoms with van der Waals surface area (Å²) < 4.78 is 5.53. The van der Waals surface area contributed by atoms with Gasteiger partial charge in [-0.05, 0) is 34.7 Å². The zero-order valence-corrected chi connectivity index (χ0v) is 19.6. The van der Waals surface area contributed by atoms with Crippen molar-refractivity contribution in [3.8, 4) is 11.1 Å². The number of pyridine rings is 1. The fourth-order valence-corrected chi connectivity index (χ4v) is 4.17. The number of benzene rings is 2. The van der Waals surface area contributed by atoms with Gasteiger partial charge in [0.25, 0.3) is 0 Å². The number of aromatic nitrogens is 1. The molecule has 35 heavy (non-hydrogen) atoms. The number of hydrogen-bond donors (Lipinski definition) is 3. The lowest BCUT2D eigenvalue weighted by Crippen LogP contribution is -2.36. The van der Waals surface area contributed by atoms with Crippen LogP contribution in [0.2, 0.25) is 0 Å². The van der Waals surface area contributed by atoms with E-state index in [1.54, 1.807) is 13.8 Å². The van der Waals surface area contributed by atoms with Gasteiger partial charge in [0.1, 0.15) is 6.61 Å². The number of hydrogen-bond acceptors (Lipinski definition) is 5. The van der Waals surface area contributed by atoms with Crippen LogP contribution in [0, 0.1) is 5.41 Å². The van der Waals surface area contributed by atoms with Crippen LogP contribution in [0.3, 0.4) is 0 Å². The lowest BCUT2D eigenvalue weighted by Gasteiger charge is -2.23. The summed E-state index contributed by atoms with van der Waals surface area (Å²) in [5.41, 5.74) is 4.06. The fraction of sp³-hybridized carbons (Fsp3) is 0.259. The molecule has 3 N–H and O–H groups in total. The Morgan fingerprint density at radius 2 is 1.63 bits per heavy atom. The maximum Gasteiger partial charge on any atom is 0.407 e. The number of alkyl carbamates (subject to hydrolysis) is 1. The quantitative estimate of drug-likeness (QED) is 0.438. The van der Waals surface area contributed by atoms with Crippen LogP contribution < -0.4 is 10.6 Å². The van der Waals surface area contributed by atoms with Crippen LogP contribution in [0.25, 0.3) is 11.1 Å². The van der Waals surface area contributed by atoms with Crippen LogP contribution in [-0.4, -0.2) is 41.2 Å². The highest BCUT2D eigenvalue weighted by Crippen LogP contribution is 2.44. The van der Waals surface area contributed by atoms with Gasteiger partial charge in [-0.3, -0.25) is 9.78 Å². The number of ether oxygens (including phenoxy) is 1. The lowest BCUT2D eigenvalue weighted by atomic mass is 9.88. The third-order valence-electron chi connectivity index (χ3n) is 6.22. The second kappa shape index (κ2) is 9.97. The van der Waals surface area contributed by atoms with Crippen LogP contribution in [0.1, 0.15) is 47.7 Å². The Labute approximate surface area is 203 Å². The van der Waals surface area contributed by atoms with Crippen LogP contribution in [0.15, 0.2) is 67.0 Å². The number of aromatic carboxylic acids is 1. The first-order chi connectivity index (χ1) is 16.8. The number of carbonyl (C=O) groups is 3. The first-order valence-electron chi connectivity index (χ1n) is 11.3. The highest BCUT2D eigenvalue weighted by molar-refractivity contribution is 5.96. The Balaban J connectivity index is 1.28. The van der Waals surface area contributed by atoms with E-state index in [2.05, 4.69) is 39.9 Å². The largest absolute Gasteiger partial charge is 0.478 e. The average molecular weight is 474 g/mol. The SMILES string of the molecule is CC(C)(CCNC(=O)OCC1c2ccccc2-c2ccccc21)C(=O)Nc1cncc(C(=O)O)c1. The van der Waals surface area contributed by atoms with Crippen molar-refractivity contribution < 1.29 is 24.2 Å². The first kappa shape index (κ1) is 23.9. The molecule has 2 amide bonds. The minimum atomic E-state index is -1.12. The predicted octanol–water partition coefficient (Wildman–Crippen LogP) is 4.67. The number of nitrogens with one attached hydrogen (secondary N) is 2. The highest BCUT2D eigenvalue weighted by atomic mass is 16.5. The van der Waals surface area contributed by atoms with E-state index in [9.17, 15) is 14.4 Å². The molecular weight excluding hydrogens is 446 g/mol. The van der Waals surface area contributed by atoms with Gasteiger partial charge >= 0.3 is 12.1 Å². The number of carbonyl (C=O) groups excluding carboxylic acids is 2. The normalized spacial score (nSPS) is 12.4. The smallest absolute Gasteiger partial charge is 0.407 e. The van der Waals surface area contributed by atoms with E-state index < -0.39 is 17.5 Å². The lowest BCUT2D eigenvalue weighted by molar-refractivity contribution is -0.124. The molecule has 0 bridgehead atoms. The number of fused-ring (bicyclic) bond motifs is 3. The second-order valence-electron chi connectivity index (χ2n) is 9.11. The van der Waals surface area contributed by atoms with Crippen molar-refractivity contribution in [2.75, 3.05) is 18.5 Å². The molecule has 2 aromatic carbocycles. The zero-order valence-electron chi connectivity index (χ0n) is 19.6. The number of carboxylic acids is 1. The Morgan fingerprint density at radius 3 is 2.26 bits per heavy atom. The third kappa shape index (κ3) is 5.32. The summed E-state index contributed by atoms with van der Waals surface area (Å²) >= 11 is 0. The van der Waals surface area contributed by atoms with Gasteiger partial charge in [-0.1, -0.05) is 62.4 Å². The van der Waals surface area contributed by atoms with Crippen molar-refractivity contribution in [2.45, 2.75) is 26.2 Å². The predicted molar refractivity (Wildman–Crippen MR) is 131 cm³/mol. The summed E-state index contributed by atoms with van der Waals surface area (Å²) in [7, 11) is 0. The molecule has 8 heteroatoms. The van der Waals surface area contributed by atoms with Gasteiger partial charge in [0, 0.05) is 24.1 Å². The molecule has 0 fully saturated rings. The van der Waals surface area contributed by atoms with Gasteiger partial charge in [-0.2, -0.15) is 0 Å². The van der Waals surface area contributed by atoms with E-state index in [0.29, 0.717) is 12.1 Å². The number of rotatable bonds is 8. The minimum absolute atomic E-state index is 0.0162. The summed E-state index contributed by atoms with van der Waals surface area (Å²) in [4.78, 5) is 40.0. The maximum atomic E-state index is 12.7. The van der Waals surface area contributed by atoms with Crippen molar-refractivity contribution in [1.29, 1.82) is 0 Å².